The molecule has 9 nitrogen and oxygen atoms in total. The first-order valence-electron chi connectivity index (χ1n) is 9.99. The van der Waals surface area contributed by atoms with E-state index in [0.717, 1.165) is 11.3 Å². The Morgan fingerprint density at radius 1 is 1.28 bits per heavy atom. The number of anilines is 1. The molecule has 1 aromatic heterocycles. The first kappa shape index (κ1) is 23.1. The summed E-state index contributed by atoms with van der Waals surface area (Å²) in [5, 5.41) is 11.4. The van der Waals surface area contributed by atoms with Crippen molar-refractivity contribution >= 4 is 49.8 Å². The zero-order valence-electron chi connectivity index (χ0n) is 16.8. The number of carboxylic acids is 1. The summed E-state index contributed by atoms with van der Waals surface area (Å²) in [6, 6.07) is 6.12. The van der Waals surface area contributed by atoms with E-state index in [1.54, 1.807) is 12.1 Å². The third kappa shape index (κ3) is 5.29. The maximum absolute atomic E-state index is 13.1. The van der Waals surface area contributed by atoms with Gasteiger partial charge in [0.05, 0.1) is 35.0 Å². The fourth-order valence-electron chi connectivity index (χ4n) is 3.32. The summed E-state index contributed by atoms with van der Waals surface area (Å²) in [6.45, 7) is 0.877. The van der Waals surface area contributed by atoms with Gasteiger partial charge in [-0.15, -0.1) is 0 Å². The lowest BCUT2D eigenvalue weighted by molar-refractivity contribution is -0.136. The molecule has 1 saturated heterocycles. The van der Waals surface area contributed by atoms with E-state index in [4.69, 9.17) is 26.2 Å². The lowest BCUT2D eigenvalue weighted by atomic mass is 10.1. The maximum Gasteiger partial charge on any atom is 0.309 e. The third-order valence-electron chi connectivity index (χ3n) is 5.13. The molecule has 2 N–H and O–H groups in total. The Morgan fingerprint density at radius 2 is 2.00 bits per heavy atom. The van der Waals surface area contributed by atoms with Crippen LogP contribution in [0.3, 0.4) is 0 Å². The summed E-state index contributed by atoms with van der Waals surface area (Å²) in [6.07, 6.45) is 0.277. The minimum atomic E-state index is -3.34. The Labute approximate surface area is 193 Å². The first-order chi connectivity index (χ1) is 15.2. The summed E-state index contributed by atoms with van der Waals surface area (Å²) < 4.78 is 36.4. The van der Waals surface area contributed by atoms with E-state index in [1.165, 1.54) is 12.1 Å². The molecule has 1 unspecified atom stereocenters. The number of halogens is 1. The molecular weight excluding hydrogens is 480 g/mol. The standard InChI is InChI=1S/C20H21ClN2O7S2/c21-18-15(9-16(24)25)22-20(31-18)23-19(26)17(30-12-7-8-29-10-12)11-1-3-13(4-2-11)32(27,28)14-5-6-14/h1-4,12,14,17H,5-10H2,(H,24,25)(H,22,23,26)/t12-,17?/m1/s1. The number of aromatic nitrogens is 1. The molecule has 0 radical (unpaired) electrons. The number of sulfone groups is 1. The van der Waals surface area contributed by atoms with Gasteiger partial charge in [-0.25, -0.2) is 13.4 Å². The third-order valence-corrected chi connectivity index (χ3v) is 8.66. The number of nitrogens with zero attached hydrogens (tertiary/aromatic N) is 1. The minimum Gasteiger partial charge on any atom is -0.481 e. The fourth-order valence-corrected chi connectivity index (χ4v) is 6.02. The molecule has 0 bridgehead atoms. The molecule has 172 valence electrons. The van der Waals surface area contributed by atoms with Gasteiger partial charge < -0.3 is 14.6 Å². The van der Waals surface area contributed by atoms with E-state index < -0.39 is 27.8 Å². The second-order valence-corrected chi connectivity index (χ2v) is 11.4. The van der Waals surface area contributed by atoms with Crippen LogP contribution in [0.25, 0.3) is 0 Å². The van der Waals surface area contributed by atoms with Crippen molar-refractivity contribution in [3.05, 3.63) is 39.9 Å². The van der Waals surface area contributed by atoms with Crippen molar-refractivity contribution in [3.63, 3.8) is 0 Å². The van der Waals surface area contributed by atoms with Crippen LogP contribution in [0.4, 0.5) is 5.13 Å². The second-order valence-electron chi connectivity index (χ2n) is 7.61. The zero-order chi connectivity index (χ0) is 22.9. The molecule has 2 aromatic rings. The fraction of sp³-hybridized carbons (Fsp3) is 0.450. The van der Waals surface area contributed by atoms with E-state index in [0.29, 0.717) is 38.0 Å². The van der Waals surface area contributed by atoms with E-state index in [1.807, 2.05) is 0 Å². The van der Waals surface area contributed by atoms with Crippen molar-refractivity contribution in [3.8, 4) is 0 Å². The summed E-state index contributed by atoms with van der Waals surface area (Å²) in [5.41, 5.74) is 0.647. The number of amides is 1. The highest BCUT2D eigenvalue weighted by atomic mass is 35.5. The van der Waals surface area contributed by atoms with Crippen LogP contribution in [0, 0.1) is 0 Å². The van der Waals surface area contributed by atoms with E-state index in [9.17, 15) is 18.0 Å². The quantitative estimate of drug-likeness (QED) is 0.537. The number of nitrogens with one attached hydrogen (secondary N) is 1. The number of rotatable bonds is 9. The van der Waals surface area contributed by atoms with Gasteiger partial charge in [0.15, 0.2) is 21.1 Å². The molecule has 1 aliphatic heterocycles. The van der Waals surface area contributed by atoms with Gasteiger partial charge in [-0.05, 0) is 37.0 Å². The van der Waals surface area contributed by atoms with Crippen molar-refractivity contribution < 1.29 is 32.6 Å². The van der Waals surface area contributed by atoms with Crippen molar-refractivity contribution in [1.82, 2.24) is 4.98 Å². The normalized spacial score (nSPS) is 19.6. The number of aliphatic carboxylic acids is 1. The average molecular weight is 501 g/mol. The second kappa shape index (κ2) is 9.44. The highest BCUT2D eigenvalue weighted by Crippen LogP contribution is 2.35. The Bertz CT molecular complexity index is 1110. The van der Waals surface area contributed by atoms with Crippen molar-refractivity contribution in [2.45, 2.75) is 48.0 Å². The maximum atomic E-state index is 13.1. The summed E-state index contributed by atoms with van der Waals surface area (Å²) in [7, 11) is -3.34. The molecule has 2 aliphatic rings. The van der Waals surface area contributed by atoms with Crippen LogP contribution >= 0.6 is 22.9 Å². The van der Waals surface area contributed by atoms with Crippen molar-refractivity contribution in [2.75, 3.05) is 18.5 Å². The summed E-state index contributed by atoms with van der Waals surface area (Å²) >= 11 is 6.99. The predicted octanol–water partition coefficient (Wildman–Crippen LogP) is 2.85. The van der Waals surface area contributed by atoms with Crippen LogP contribution < -0.4 is 5.32 Å². The molecule has 4 rings (SSSR count). The van der Waals surface area contributed by atoms with Crippen LogP contribution in [-0.4, -0.2) is 55.0 Å². The summed E-state index contributed by atoms with van der Waals surface area (Å²) in [4.78, 5) is 28.3. The molecule has 1 aromatic carbocycles. The van der Waals surface area contributed by atoms with Crippen LogP contribution in [0.15, 0.2) is 29.2 Å². The van der Waals surface area contributed by atoms with Gasteiger partial charge in [0.25, 0.3) is 5.91 Å². The van der Waals surface area contributed by atoms with E-state index in [-0.39, 0.29) is 37.8 Å². The van der Waals surface area contributed by atoms with Crippen molar-refractivity contribution in [2.24, 2.45) is 0 Å². The lowest BCUT2D eigenvalue weighted by Gasteiger charge is -2.21. The van der Waals surface area contributed by atoms with Gasteiger partial charge in [-0.3, -0.25) is 14.9 Å². The van der Waals surface area contributed by atoms with E-state index >= 15 is 0 Å². The van der Waals surface area contributed by atoms with Crippen LogP contribution in [0.1, 0.15) is 36.6 Å². The van der Waals surface area contributed by atoms with Crippen LogP contribution in [0.5, 0.6) is 0 Å². The number of carbonyl (C=O) groups is 2. The molecular formula is C20H21ClN2O7S2. The number of hydrogen-bond acceptors (Lipinski definition) is 8. The van der Waals surface area contributed by atoms with Gasteiger partial charge in [-0.1, -0.05) is 35.1 Å². The van der Waals surface area contributed by atoms with Gasteiger partial charge in [-0.2, -0.15) is 0 Å². The van der Waals surface area contributed by atoms with E-state index in [2.05, 4.69) is 10.3 Å². The highest BCUT2D eigenvalue weighted by Gasteiger charge is 2.37. The first-order valence-corrected chi connectivity index (χ1v) is 12.7. The van der Waals surface area contributed by atoms with Crippen LogP contribution in [-0.2, 0) is 35.3 Å². The molecule has 1 aliphatic carbocycles. The molecule has 2 fully saturated rings. The number of carbonyl (C=O) groups excluding carboxylic acids is 1. The number of thiazole rings is 1. The number of benzene rings is 1. The van der Waals surface area contributed by atoms with Gasteiger partial charge >= 0.3 is 5.97 Å². The Balaban J connectivity index is 1.54. The smallest absolute Gasteiger partial charge is 0.309 e. The number of carboxylic acid groups (broad SMARTS) is 1. The molecule has 32 heavy (non-hydrogen) atoms. The van der Waals surface area contributed by atoms with Gasteiger partial charge in [0.2, 0.25) is 0 Å². The Morgan fingerprint density at radius 3 is 2.59 bits per heavy atom. The Kier molecular flexibility index (Phi) is 6.82. The number of hydrogen-bond donors (Lipinski definition) is 2. The molecule has 12 heteroatoms. The minimum absolute atomic E-state index is 0.153. The highest BCUT2D eigenvalue weighted by molar-refractivity contribution is 7.92. The number of ether oxygens (including phenoxy) is 2. The molecule has 2 heterocycles. The average Bonchev–Trinajstić information content (AvgIpc) is 3.39. The Hall–Kier alpha value is -2.05. The largest absolute Gasteiger partial charge is 0.481 e. The van der Waals surface area contributed by atoms with Crippen LogP contribution in [0.2, 0.25) is 4.34 Å². The molecule has 0 spiro atoms. The zero-order valence-corrected chi connectivity index (χ0v) is 19.2. The summed E-state index contributed by atoms with van der Waals surface area (Å²) in [5.74, 6) is -1.61. The molecule has 1 saturated carbocycles. The van der Waals surface area contributed by atoms with Gasteiger partial charge in [0, 0.05) is 6.61 Å². The molecule has 2 atom stereocenters. The molecule has 1 amide bonds. The van der Waals surface area contributed by atoms with Crippen molar-refractivity contribution in [1.29, 1.82) is 0 Å². The lowest BCUT2D eigenvalue weighted by Crippen LogP contribution is -2.28. The topological polar surface area (TPSA) is 132 Å². The monoisotopic (exact) mass is 500 g/mol. The van der Waals surface area contributed by atoms with Gasteiger partial charge in [0.1, 0.15) is 4.34 Å². The SMILES string of the molecule is O=C(O)Cc1nc(NC(=O)C(O[C@@H]2CCOC2)c2ccc(S(=O)(=O)C3CC3)cc2)sc1Cl. The predicted molar refractivity (Wildman–Crippen MR) is 117 cm³/mol.